The maximum Gasteiger partial charge on any atom is 0.0441 e. The first-order chi connectivity index (χ1) is 8.38. The molecule has 1 fully saturated rings. The monoisotopic (exact) mass is 273 g/mol. The highest BCUT2D eigenvalue weighted by atomic mass is 32.2. The van der Waals surface area contributed by atoms with Crippen molar-refractivity contribution in [2.45, 2.75) is 69.9 Å². The molecule has 4 atom stereocenters. The van der Waals surface area contributed by atoms with Crippen LogP contribution in [0.25, 0.3) is 0 Å². The molecule has 0 aromatic heterocycles. The largest absolute Gasteiger partial charge is 0.396 e. The van der Waals surface area contributed by atoms with Gasteiger partial charge in [0.05, 0.1) is 0 Å². The lowest BCUT2D eigenvalue weighted by Crippen LogP contribution is -2.44. The van der Waals surface area contributed by atoms with E-state index in [9.17, 15) is 0 Å². The Morgan fingerprint density at radius 2 is 2.00 bits per heavy atom. The van der Waals surface area contributed by atoms with E-state index < -0.39 is 0 Å². The molecular weight excluding hydrogens is 242 g/mol. The van der Waals surface area contributed by atoms with Crippen molar-refractivity contribution in [1.29, 1.82) is 0 Å². The van der Waals surface area contributed by atoms with E-state index in [4.69, 9.17) is 5.11 Å². The van der Waals surface area contributed by atoms with Gasteiger partial charge in [-0.15, -0.1) is 0 Å². The molecule has 3 heteroatoms. The van der Waals surface area contributed by atoms with Gasteiger partial charge in [-0.25, -0.2) is 0 Å². The smallest absolute Gasteiger partial charge is 0.0441 e. The van der Waals surface area contributed by atoms with Gasteiger partial charge >= 0.3 is 0 Å². The highest BCUT2D eigenvalue weighted by Gasteiger charge is 2.36. The standard InChI is InChI=1S/C15H31NOS/c1-11(8-9-17)18-14-10-12(15(2,3)4)6-7-13(14)16-5/h11-14,16-17H,6-10H2,1-5H3. The average molecular weight is 273 g/mol. The topological polar surface area (TPSA) is 32.3 Å². The normalized spacial score (nSPS) is 31.3. The van der Waals surface area contributed by atoms with Crippen molar-refractivity contribution in [2.75, 3.05) is 13.7 Å². The molecule has 0 aromatic carbocycles. The van der Waals surface area contributed by atoms with E-state index in [1.807, 2.05) is 0 Å². The average Bonchev–Trinajstić information content (AvgIpc) is 2.28. The molecule has 4 unspecified atom stereocenters. The number of aliphatic hydroxyl groups is 1. The van der Waals surface area contributed by atoms with Crippen LogP contribution in [0.1, 0.15) is 53.4 Å². The highest BCUT2D eigenvalue weighted by molar-refractivity contribution is 8.00. The van der Waals surface area contributed by atoms with E-state index in [1.165, 1.54) is 19.3 Å². The minimum Gasteiger partial charge on any atom is -0.396 e. The lowest BCUT2D eigenvalue weighted by molar-refractivity contribution is 0.167. The molecule has 1 rings (SSSR count). The summed E-state index contributed by atoms with van der Waals surface area (Å²) in [6, 6.07) is 0.648. The quantitative estimate of drug-likeness (QED) is 0.806. The molecule has 0 aliphatic heterocycles. The van der Waals surface area contributed by atoms with Crippen molar-refractivity contribution < 1.29 is 5.11 Å². The number of rotatable bonds is 5. The van der Waals surface area contributed by atoms with Gasteiger partial charge in [0.2, 0.25) is 0 Å². The first-order valence-corrected chi connectivity index (χ1v) is 8.26. The van der Waals surface area contributed by atoms with Crippen LogP contribution in [0.2, 0.25) is 0 Å². The molecule has 0 amide bonds. The van der Waals surface area contributed by atoms with E-state index in [0.29, 0.717) is 28.6 Å². The number of thioether (sulfide) groups is 1. The molecule has 0 radical (unpaired) electrons. The SMILES string of the molecule is CNC1CCC(C(C)(C)C)CC1SC(C)CCO. The van der Waals surface area contributed by atoms with Crippen LogP contribution in [0.4, 0.5) is 0 Å². The molecule has 18 heavy (non-hydrogen) atoms. The Bertz CT molecular complexity index is 239. The van der Waals surface area contributed by atoms with Gasteiger partial charge in [0.15, 0.2) is 0 Å². The predicted molar refractivity (Wildman–Crippen MR) is 82.2 cm³/mol. The molecule has 1 aliphatic rings. The molecule has 0 spiro atoms. The second-order valence-corrected chi connectivity index (χ2v) is 8.45. The summed E-state index contributed by atoms with van der Waals surface area (Å²) < 4.78 is 0. The second-order valence-electron chi connectivity index (χ2n) is 6.77. The third-order valence-electron chi connectivity index (χ3n) is 4.33. The zero-order valence-electron chi connectivity index (χ0n) is 12.7. The molecule has 0 aromatic rings. The van der Waals surface area contributed by atoms with Crippen LogP contribution in [0.3, 0.4) is 0 Å². The molecular formula is C15H31NOS. The summed E-state index contributed by atoms with van der Waals surface area (Å²) in [5, 5.41) is 13.8. The lowest BCUT2D eigenvalue weighted by Gasteiger charge is -2.42. The first-order valence-electron chi connectivity index (χ1n) is 7.32. The summed E-state index contributed by atoms with van der Waals surface area (Å²) in [4.78, 5) is 0. The van der Waals surface area contributed by atoms with Crippen LogP contribution in [0, 0.1) is 11.3 Å². The van der Waals surface area contributed by atoms with E-state index >= 15 is 0 Å². The van der Waals surface area contributed by atoms with Crippen molar-refractivity contribution >= 4 is 11.8 Å². The van der Waals surface area contributed by atoms with Crippen molar-refractivity contribution in [3.63, 3.8) is 0 Å². The van der Waals surface area contributed by atoms with Crippen molar-refractivity contribution in [3.05, 3.63) is 0 Å². The molecule has 0 heterocycles. The second kappa shape index (κ2) is 7.16. The zero-order chi connectivity index (χ0) is 13.8. The van der Waals surface area contributed by atoms with Gasteiger partial charge in [-0.1, -0.05) is 27.7 Å². The fourth-order valence-electron chi connectivity index (χ4n) is 2.94. The minimum atomic E-state index is 0.313. The van der Waals surface area contributed by atoms with Gasteiger partial charge in [-0.3, -0.25) is 0 Å². The highest BCUT2D eigenvalue weighted by Crippen LogP contribution is 2.42. The maximum absolute atomic E-state index is 9.04. The molecule has 0 bridgehead atoms. The summed E-state index contributed by atoms with van der Waals surface area (Å²) in [5.74, 6) is 0.834. The van der Waals surface area contributed by atoms with E-state index in [2.05, 4.69) is 51.8 Å². The van der Waals surface area contributed by atoms with Gasteiger partial charge in [0, 0.05) is 23.1 Å². The summed E-state index contributed by atoms with van der Waals surface area (Å²) in [6.07, 6.45) is 4.87. The zero-order valence-corrected chi connectivity index (χ0v) is 13.5. The summed E-state index contributed by atoms with van der Waals surface area (Å²) in [7, 11) is 2.09. The van der Waals surface area contributed by atoms with Crippen LogP contribution in [0.15, 0.2) is 0 Å². The van der Waals surface area contributed by atoms with Gasteiger partial charge in [0.25, 0.3) is 0 Å². The van der Waals surface area contributed by atoms with E-state index in [-0.39, 0.29) is 0 Å². The van der Waals surface area contributed by atoms with Gasteiger partial charge < -0.3 is 10.4 Å². The molecule has 2 N–H and O–H groups in total. The van der Waals surface area contributed by atoms with Gasteiger partial charge in [-0.2, -0.15) is 11.8 Å². The minimum absolute atomic E-state index is 0.313. The third-order valence-corrected chi connectivity index (χ3v) is 5.90. The fraction of sp³-hybridized carbons (Fsp3) is 1.00. The Balaban J connectivity index is 2.59. The number of aliphatic hydroxyl groups excluding tert-OH is 1. The lowest BCUT2D eigenvalue weighted by atomic mass is 9.71. The summed E-state index contributed by atoms with van der Waals surface area (Å²) >= 11 is 2.08. The van der Waals surface area contributed by atoms with Crippen LogP contribution >= 0.6 is 11.8 Å². The molecule has 108 valence electrons. The first kappa shape index (κ1) is 16.3. The molecule has 1 saturated carbocycles. The van der Waals surface area contributed by atoms with Gasteiger partial charge in [0.1, 0.15) is 0 Å². The molecule has 0 saturated heterocycles. The van der Waals surface area contributed by atoms with Crippen LogP contribution < -0.4 is 5.32 Å². The predicted octanol–water partition coefficient (Wildman–Crippen LogP) is 3.29. The van der Waals surface area contributed by atoms with Crippen LogP contribution in [0.5, 0.6) is 0 Å². The Hall–Kier alpha value is 0.270. The number of nitrogens with one attached hydrogen (secondary N) is 1. The van der Waals surface area contributed by atoms with Crippen molar-refractivity contribution in [2.24, 2.45) is 11.3 Å². The fourth-order valence-corrected chi connectivity index (χ4v) is 4.59. The maximum atomic E-state index is 9.04. The third kappa shape index (κ3) is 4.75. The Morgan fingerprint density at radius 1 is 1.33 bits per heavy atom. The molecule has 2 nitrogen and oxygen atoms in total. The molecule has 1 aliphatic carbocycles. The Labute approximate surface area is 117 Å². The van der Waals surface area contributed by atoms with Gasteiger partial charge in [-0.05, 0) is 44.1 Å². The summed E-state index contributed by atoms with van der Waals surface area (Å²) in [6.45, 7) is 9.67. The summed E-state index contributed by atoms with van der Waals surface area (Å²) in [5.41, 5.74) is 0.428. The van der Waals surface area contributed by atoms with E-state index in [1.54, 1.807) is 0 Å². The Kier molecular flexibility index (Phi) is 6.49. The van der Waals surface area contributed by atoms with Crippen molar-refractivity contribution in [1.82, 2.24) is 5.32 Å². The van der Waals surface area contributed by atoms with Crippen molar-refractivity contribution in [3.8, 4) is 0 Å². The van der Waals surface area contributed by atoms with Crippen LogP contribution in [-0.2, 0) is 0 Å². The van der Waals surface area contributed by atoms with E-state index in [0.717, 1.165) is 12.3 Å². The Morgan fingerprint density at radius 3 is 2.50 bits per heavy atom. The number of hydrogen-bond donors (Lipinski definition) is 2. The number of hydrogen-bond acceptors (Lipinski definition) is 3. The van der Waals surface area contributed by atoms with Crippen LogP contribution in [-0.4, -0.2) is 35.3 Å².